The van der Waals surface area contributed by atoms with Gasteiger partial charge in [0, 0.05) is 18.0 Å². The number of hydrogen-bond donors (Lipinski definition) is 0. The molecule has 1 aliphatic rings. The third kappa shape index (κ3) is 3.37. The fraction of sp³-hybridized carbons (Fsp3) is 0.0400. The first-order valence-corrected chi connectivity index (χ1v) is 9.34. The molecule has 0 aliphatic carbocycles. The summed E-state index contributed by atoms with van der Waals surface area (Å²) in [6, 6.07) is 23.6. The molecule has 2 aromatic carbocycles. The smallest absolute Gasteiger partial charge is 0.147 e. The zero-order valence-electron chi connectivity index (χ0n) is 15.9. The van der Waals surface area contributed by atoms with E-state index in [-0.39, 0.29) is 0 Å². The number of para-hydroxylation sites is 1. The molecule has 0 saturated carbocycles. The van der Waals surface area contributed by atoms with Crippen molar-refractivity contribution < 1.29 is 4.79 Å². The van der Waals surface area contributed by atoms with Crippen LogP contribution in [0.3, 0.4) is 0 Å². The van der Waals surface area contributed by atoms with Crippen molar-refractivity contribution in [3.8, 4) is 12.1 Å². The van der Waals surface area contributed by atoms with Gasteiger partial charge in [0.15, 0.2) is 0 Å². The Kier molecular flexibility index (Phi) is 5.19. The van der Waals surface area contributed by atoms with Crippen LogP contribution in [-0.4, -0.2) is 17.3 Å². The Balaban J connectivity index is 1.97. The van der Waals surface area contributed by atoms with Crippen LogP contribution in [0.5, 0.6) is 0 Å². The highest BCUT2D eigenvalue weighted by Gasteiger charge is 2.29. The second-order valence-corrected chi connectivity index (χ2v) is 6.67. The number of aromatic nitrogens is 1. The molecule has 1 unspecified atom stereocenters. The van der Waals surface area contributed by atoms with Gasteiger partial charge in [0.2, 0.25) is 0 Å². The van der Waals surface area contributed by atoms with Crippen molar-refractivity contribution in [3.63, 3.8) is 0 Å². The number of nitriles is 2. The average Bonchev–Trinajstić information content (AvgIpc) is 2.83. The van der Waals surface area contributed by atoms with Crippen LogP contribution < -0.4 is 4.90 Å². The number of carbonyl (C=O) groups excluding carboxylic acids is 1. The molecule has 1 atom stereocenters. The predicted molar refractivity (Wildman–Crippen MR) is 115 cm³/mol. The fourth-order valence-electron chi connectivity index (χ4n) is 3.56. The van der Waals surface area contributed by atoms with Crippen LogP contribution in [0.1, 0.15) is 22.4 Å². The Morgan fingerprint density at radius 2 is 1.60 bits per heavy atom. The van der Waals surface area contributed by atoms with Crippen molar-refractivity contribution in [2.75, 3.05) is 4.90 Å². The molecular formula is C25H16N4O. The van der Waals surface area contributed by atoms with E-state index in [0.717, 1.165) is 17.6 Å². The normalized spacial score (nSPS) is 15.4. The van der Waals surface area contributed by atoms with E-state index in [1.807, 2.05) is 48.7 Å². The number of anilines is 1. The van der Waals surface area contributed by atoms with E-state index in [2.05, 4.69) is 17.1 Å². The van der Waals surface area contributed by atoms with Gasteiger partial charge in [-0.05, 0) is 47.5 Å². The van der Waals surface area contributed by atoms with E-state index < -0.39 is 6.04 Å². The molecule has 30 heavy (non-hydrogen) atoms. The van der Waals surface area contributed by atoms with Gasteiger partial charge in [-0.1, -0.05) is 36.4 Å². The first kappa shape index (κ1) is 18.9. The summed E-state index contributed by atoms with van der Waals surface area (Å²) in [6.45, 7) is 0. The monoisotopic (exact) mass is 388 g/mol. The van der Waals surface area contributed by atoms with Crippen LogP contribution in [0.4, 0.5) is 5.69 Å². The zero-order chi connectivity index (χ0) is 20.9. The molecule has 5 heteroatoms. The lowest BCUT2D eigenvalue weighted by molar-refractivity contribution is -0.107. The van der Waals surface area contributed by atoms with Gasteiger partial charge in [-0.3, -0.25) is 4.98 Å². The first-order valence-electron chi connectivity index (χ1n) is 9.34. The minimum absolute atomic E-state index is 0.454. The highest BCUT2D eigenvalue weighted by molar-refractivity contribution is 5.99. The van der Waals surface area contributed by atoms with Gasteiger partial charge in [-0.2, -0.15) is 10.5 Å². The minimum atomic E-state index is -0.693. The molecule has 142 valence electrons. The van der Waals surface area contributed by atoms with E-state index in [1.165, 1.54) is 0 Å². The van der Waals surface area contributed by atoms with E-state index in [0.29, 0.717) is 28.0 Å². The van der Waals surface area contributed by atoms with Crippen molar-refractivity contribution in [2.24, 2.45) is 0 Å². The molecular weight excluding hydrogens is 372 g/mol. The van der Waals surface area contributed by atoms with Crippen LogP contribution in [0.15, 0.2) is 85.2 Å². The van der Waals surface area contributed by atoms with E-state index in [9.17, 15) is 15.3 Å². The average molecular weight is 388 g/mol. The van der Waals surface area contributed by atoms with Gasteiger partial charge < -0.3 is 9.69 Å². The Bertz CT molecular complexity index is 1250. The van der Waals surface area contributed by atoms with E-state index in [4.69, 9.17) is 0 Å². The van der Waals surface area contributed by atoms with Crippen LogP contribution in [0.2, 0.25) is 0 Å². The van der Waals surface area contributed by atoms with E-state index in [1.54, 1.807) is 41.4 Å². The number of nitrogens with zero attached hydrogens (tertiary/aromatic N) is 4. The standard InChI is InChI=1S/C25H16N4O/c26-14-18-7-1-3-9-21(18)22-13-20(23-10-5-6-12-28-23)16-29(25(22)17-30)24-11-4-2-8-19(24)15-27/h1-13,16-17,25H. The molecule has 1 aromatic heterocycles. The summed E-state index contributed by atoms with van der Waals surface area (Å²) in [4.78, 5) is 18.5. The SMILES string of the molecule is N#Cc1ccccc1C1=CC(c2ccccn2)=CN(c2ccccc2C#N)C1C=O. The molecule has 0 saturated heterocycles. The van der Waals surface area contributed by atoms with Gasteiger partial charge in [0.1, 0.15) is 18.4 Å². The number of aldehydes is 1. The summed E-state index contributed by atoms with van der Waals surface area (Å²) in [5.74, 6) is 0. The Morgan fingerprint density at radius 3 is 2.30 bits per heavy atom. The highest BCUT2D eigenvalue weighted by Crippen LogP contribution is 2.36. The molecule has 0 N–H and O–H groups in total. The Hall–Kier alpha value is -4.48. The summed E-state index contributed by atoms with van der Waals surface area (Å²) in [7, 11) is 0. The van der Waals surface area contributed by atoms with Crippen molar-refractivity contribution in [2.45, 2.75) is 6.04 Å². The number of benzene rings is 2. The number of rotatable bonds is 4. The largest absolute Gasteiger partial charge is 0.332 e. The minimum Gasteiger partial charge on any atom is -0.332 e. The lowest BCUT2D eigenvalue weighted by Crippen LogP contribution is -2.36. The van der Waals surface area contributed by atoms with Crippen molar-refractivity contribution >= 4 is 23.1 Å². The van der Waals surface area contributed by atoms with Crippen LogP contribution in [-0.2, 0) is 4.79 Å². The summed E-state index contributed by atoms with van der Waals surface area (Å²) in [5.41, 5.74) is 4.42. The van der Waals surface area contributed by atoms with Gasteiger partial charge >= 0.3 is 0 Å². The number of carbonyl (C=O) groups is 1. The topological polar surface area (TPSA) is 80.8 Å². The second-order valence-electron chi connectivity index (χ2n) is 6.67. The Labute approximate surface area is 174 Å². The predicted octanol–water partition coefficient (Wildman–Crippen LogP) is 4.34. The van der Waals surface area contributed by atoms with Gasteiger partial charge in [0.25, 0.3) is 0 Å². The van der Waals surface area contributed by atoms with Gasteiger partial charge in [-0.25, -0.2) is 0 Å². The number of pyridine rings is 1. The van der Waals surface area contributed by atoms with Crippen LogP contribution in [0, 0.1) is 22.7 Å². The summed E-state index contributed by atoms with van der Waals surface area (Å²) >= 11 is 0. The van der Waals surface area contributed by atoms with Crippen LogP contribution in [0.25, 0.3) is 11.1 Å². The molecule has 0 spiro atoms. The lowest BCUT2D eigenvalue weighted by atomic mass is 9.89. The number of allylic oxidation sites excluding steroid dienone is 2. The van der Waals surface area contributed by atoms with Gasteiger partial charge in [0.05, 0.1) is 28.6 Å². The summed E-state index contributed by atoms with van der Waals surface area (Å²) < 4.78 is 0. The highest BCUT2D eigenvalue weighted by atomic mass is 16.1. The summed E-state index contributed by atoms with van der Waals surface area (Å²) in [6.07, 6.45) is 6.26. The molecule has 0 radical (unpaired) electrons. The zero-order valence-corrected chi connectivity index (χ0v) is 15.9. The van der Waals surface area contributed by atoms with Crippen LogP contribution >= 0.6 is 0 Å². The molecule has 0 fully saturated rings. The maximum atomic E-state index is 12.3. The van der Waals surface area contributed by atoms with Crippen molar-refractivity contribution in [1.29, 1.82) is 10.5 Å². The molecule has 2 heterocycles. The molecule has 0 amide bonds. The third-order valence-electron chi connectivity index (χ3n) is 4.96. The molecule has 4 rings (SSSR count). The van der Waals surface area contributed by atoms with Gasteiger partial charge in [-0.15, -0.1) is 0 Å². The maximum Gasteiger partial charge on any atom is 0.147 e. The molecule has 3 aromatic rings. The molecule has 0 bridgehead atoms. The van der Waals surface area contributed by atoms with E-state index >= 15 is 0 Å². The first-order chi connectivity index (χ1) is 14.8. The number of hydrogen-bond acceptors (Lipinski definition) is 5. The summed E-state index contributed by atoms with van der Waals surface area (Å²) in [5, 5.41) is 19.2. The van der Waals surface area contributed by atoms with Crippen molar-refractivity contribution in [3.05, 3.63) is 108 Å². The molecule has 5 nitrogen and oxygen atoms in total. The lowest BCUT2D eigenvalue weighted by Gasteiger charge is -2.34. The second kappa shape index (κ2) is 8.26. The molecule has 1 aliphatic heterocycles. The third-order valence-corrected chi connectivity index (χ3v) is 4.96. The Morgan fingerprint density at radius 1 is 0.900 bits per heavy atom. The maximum absolute atomic E-state index is 12.3. The quantitative estimate of drug-likeness (QED) is 0.621. The van der Waals surface area contributed by atoms with Crippen molar-refractivity contribution in [1.82, 2.24) is 4.98 Å². The fourth-order valence-corrected chi connectivity index (χ4v) is 3.56.